The molecule has 262 valence electrons. The van der Waals surface area contributed by atoms with Gasteiger partial charge in [-0.3, -0.25) is 4.79 Å². The lowest BCUT2D eigenvalue weighted by Crippen LogP contribution is -2.28. The minimum absolute atomic E-state index is 0.120. The predicted octanol–water partition coefficient (Wildman–Crippen LogP) is 6.82. The zero-order chi connectivity index (χ0) is 35.2. The van der Waals surface area contributed by atoms with Crippen LogP contribution in [0.3, 0.4) is 0 Å². The van der Waals surface area contributed by atoms with Crippen molar-refractivity contribution in [2.45, 2.75) is 89.9 Å². The maximum Gasteiger partial charge on any atom is 0.332 e. The van der Waals surface area contributed by atoms with Gasteiger partial charge in [0.2, 0.25) is 5.69 Å². The molecule has 2 aromatic rings. The van der Waals surface area contributed by atoms with Crippen molar-refractivity contribution in [3.05, 3.63) is 95.7 Å². The normalized spacial score (nSPS) is 19.1. The average molecular weight is 688 g/mol. The number of anilines is 1. The van der Waals surface area contributed by atoms with E-state index < -0.39 is 10.1 Å². The lowest BCUT2D eigenvalue weighted by atomic mass is 9.81. The molecule has 49 heavy (non-hydrogen) atoms. The van der Waals surface area contributed by atoms with Gasteiger partial charge < -0.3 is 14.3 Å². The minimum Gasteiger partial charge on any atom is -0.748 e. The molecule has 0 spiro atoms. The number of amides is 1. The highest BCUT2D eigenvalue weighted by atomic mass is 32.2. The summed E-state index contributed by atoms with van der Waals surface area (Å²) < 4.78 is 35.8. The van der Waals surface area contributed by atoms with Gasteiger partial charge in [-0.2, -0.15) is 9.64 Å². The van der Waals surface area contributed by atoms with Gasteiger partial charge in [-0.15, -0.1) is 0 Å². The van der Waals surface area contributed by atoms with Gasteiger partial charge in [0.25, 0.3) is 5.91 Å². The zero-order valence-corrected chi connectivity index (χ0v) is 30.0. The van der Waals surface area contributed by atoms with Crippen molar-refractivity contribution in [3.63, 3.8) is 0 Å². The number of hydroxylamine groups is 2. The van der Waals surface area contributed by atoms with Crippen LogP contribution in [0.25, 0.3) is 0 Å². The quantitative estimate of drug-likeness (QED) is 0.0875. The second-order valence-corrected chi connectivity index (χ2v) is 15.6. The number of nitrogens with zero attached hydrogens (tertiary/aromatic N) is 3. The van der Waals surface area contributed by atoms with Crippen LogP contribution in [0.1, 0.15) is 90.2 Å². The number of carbonyl (C=O) groups excluding carboxylic acids is 2. The van der Waals surface area contributed by atoms with Crippen LogP contribution in [-0.4, -0.2) is 65.6 Å². The Labute approximate surface area is 291 Å². The summed E-state index contributed by atoms with van der Waals surface area (Å²) in [5.41, 5.74) is 6.73. The summed E-state index contributed by atoms with van der Waals surface area (Å²) in [4.78, 5) is 31.5. The molecule has 0 saturated carbocycles. The summed E-state index contributed by atoms with van der Waals surface area (Å²) in [5, 5.41) is 1.20. The van der Waals surface area contributed by atoms with Crippen molar-refractivity contribution in [2.24, 2.45) is 0 Å². The summed E-state index contributed by atoms with van der Waals surface area (Å²) >= 11 is 0. The Morgan fingerprint density at radius 1 is 0.918 bits per heavy atom. The summed E-state index contributed by atoms with van der Waals surface area (Å²) in [5.74, 6) is -0.809. The van der Waals surface area contributed by atoms with Gasteiger partial charge in [-0.05, 0) is 63.7 Å². The minimum atomic E-state index is -4.23. The lowest BCUT2D eigenvalue weighted by molar-refractivity contribution is -0.438. The molecule has 0 unspecified atom stereocenters. The van der Waals surface area contributed by atoms with E-state index in [2.05, 4.69) is 104 Å². The SMILES string of the molecule is CC1(C)C(=CC=CC=CC2=[N+](CCCCCC(=O)ON3CCCC3=O)c3ccccc3C2(C)C)N(CCCCS(=O)(=O)[O-])c2ccccc21. The first-order valence-electron chi connectivity index (χ1n) is 17.4. The number of rotatable bonds is 15. The fourth-order valence-electron chi connectivity index (χ4n) is 7.27. The fourth-order valence-corrected chi connectivity index (χ4v) is 7.83. The van der Waals surface area contributed by atoms with E-state index in [0.29, 0.717) is 45.2 Å². The first-order chi connectivity index (χ1) is 23.3. The molecule has 3 aliphatic rings. The largest absolute Gasteiger partial charge is 0.748 e. The van der Waals surface area contributed by atoms with Crippen molar-refractivity contribution in [1.29, 1.82) is 0 Å². The molecule has 2 aromatic carbocycles. The summed E-state index contributed by atoms with van der Waals surface area (Å²) in [6.45, 7) is 10.8. The monoisotopic (exact) mass is 687 g/mol. The highest BCUT2D eigenvalue weighted by Gasteiger charge is 2.44. The van der Waals surface area contributed by atoms with Crippen LogP contribution in [0.15, 0.2) is 84.6 Å². The number of fused-ring (bicyclic) bond motifs is 2. The molecular formula is C39H49N3O6S. The van der Waals surface area contributed by atoms with Gasteiger partial charge in [0, 0.05) is 66.1 Å². The van der Waals surface area contributed by atoms with E-state index in [4.69, 9.17) is 4.84 Å². The summed E-state index contributed by atoms with van der Waals surface area (Å²) in [6, 6.07) is 16.8. The number of para-hydroxylation sites is 2. The average Bonchev–Trinajstić information content (AvgIpc) is 3.62. The van der Waals surface area contributed by atoms with Crippen LogP contribution >= 0.6 is 0 Å². The molecule has 1 fully saturated rings. The Bertz CT molecular complexity index is 1790. The molecule has 9 nitrogen and oxygen atoms in total. The molecule has 10 heteroatoms. The van der Waals surface area contributed by atoms with Crippen LogP contribution < -0.4 is 4.90 Å². The van der Waals surface area contributed by atoms with E-state index in [9.17, 15) is 22.6 Å². The van der Waals surface area contributed by atoms with Crippen molar-refractivity contribution < 1.29 is 32.0 Å². The number of hydrogen-bond donors (Lipinski definition) is 0. The van der Waals surface area contributed by atoms with E-state index in [-0.39, 0.29) is 28.5 Å². The van der Waals surface area contributed by atoms with Crippen LogP contribution in [0.2, 0.25) is 0 Å². The van der Waals surface area contributed by atoms with Crippen LogP contribution in [0.4, 0.5) is 11.4 Å². The maximum atomic E-state index is 12.2. The van der Waals surface area contributed by atoms with Gasteiger partial charge in [0.15, 0.2) is 5.71 Å². The Balaban J connectivity index is 1.27. The first-order valence-corrected chi connectivity index (χ1v) is 19.0. The Morgan fingerprint density at radius 3 is 2.39 bits per heavy atom. The van der Waals surface area contributed by atoms with Gasteiger partial charge in [-0.1, -0.05) is 68.5 Å². The molecule has 0 aliphatic carbocycles. The summed E-state index contributed by atoms with van der Waals surface area (Å²) in [6.07, 6.45) is 15.4. The third-order valence-electron chi connectivity index (χ3n) is 9.86. The van der Waals surface area contributed by atoms with Gasteiger partial charge in [0.1, 0.15) is 6.54 Å². The molecule has 5 rings (SSSR count). The fraction of sp³-hybridized carbons (Fsp3) is 0.462. The molecule has 0 atom stereocenters. The van der Waals surface area contributed by atoms with Crippen LogP contribution in [0.5, 0.6) is 0 Å². The lowest BCUT2D eigenvalue weighted by Gasteiger charge is -2.27. The maximum absolute atomic E-state index is 12.2. The predicted molar refractivity (Wildman–Crippen MR) is 192 cm³/mol. The van der Waals surface area contributed by atoms with Gasteiger partial charge >= 0.3 is 5.97 Å². The van der Waals surface area contributed by atoms with Gasteiger partial charge in [-0.25, -0.2) is 13.2 Å². The number of hydrogen-bond acceptors (Lipinski definition) is 7. The van der Waals surface area contributed by atoms with E-state index in [1.54, 1.807) is 0 Å². The van der Waals surface area contributed by atoms with Crippen LogP contribution in [-0.2, 0) is 35.4 Å². The molecule has 0 radical (unpaired) electrons. The van der Waals surface area contributed by atoms with E-state index in [0.717, 1.165) is 37.2 Å². The van der Waals surface area contributed by atoms with Crippen LogP contribution in [0, 0.1) is 0 Å². The highest BCUT2D eigenvalue weighted by Crippen LogP contribution is 2.47. The third kappa shape index (κ3) is 8.41. The molecular weight excluding hydrogens is 639 g/mol. The second kappa shape index (κ2) is 15.3. The molecule has 0 aromatic heterocycles. The van der Waals surface area contributed by atoms with Crippen molar-refractivity contribution >= 4 is 39.1 Å². The number of benzene rings is 2. The number of allylic oxidation sites excluding steroid dienone is 6. The van der Waals surface area contributed by atoms with Crippen molar-refractivity contribution in [2.75, 3.05) is 30.3 Å². The van der Waals surface area contributed by atoms with E-state index >= 15 is 0 Å². The number of unbranched alkanes of at least 4 members (excludes halogenated alkanes) is 3. The number of carbonyl (C=O) groups is 2. The smallest absolute Gasteiger partial charge is 0.332 e. The van der Waals surface area contributed by atoms with Gasteiger partial charge in [0.05, 0.1) is 22.1 Å². The topological polar surface area (TPSA) is 110 Å². The van der Waals surface area contributed by atoms with E-state index in [1.807, 2.05) is 12.1 Å². The molecule has 3 heterocycles. The molecule has 0 N–H and O–H groups in total. The Kier molecular flexibility index (Phi) is 11.3. The first kappa shape index (κ1) is 36.3. The van der Waals surface area contributed by atoms with E-state index in [1.165, 1.54) is 27.6 Å². The van der Waals surface area contributed by atoms with Crippen molar-refractivity contribution in [3.8, 4) is 0 Å². The summed E-state index contributed by atoms with van der Waals surface area (Å²) in [7, 11) is -4.23. The molecule has 1 saturated heterocycles. The molecule has 0 bridgehead atoms. The third-order valence-corrected chi connectivity index (χ3v) is 10.6. The Hall–Kier alpha value is -4.02. The van der Waals surface area contributed by atoms with Crippen molar-refractivity contribution in [1.82, 2.24) is 5.06 Å². The standard InChI is InChI=1S/C39H49N3O6S/c1-38(2)30-18-10-12-20-32(30)40(26-14-6-9-25-37(44)48-42-28-17-24-36(42)43)34(38)22-7-5-8-23-35-39(3,4)31-19-11-13-21-33(31)41(35)27-15-16-29-49(45,46)47/h5,7-8,10-13,18-23H,6,9,14-17,24-29H2,1-4H3. The Morgan fingerprint density at radius 2 is 1.65 bits per heavy atom. The molecule has 3 aliphatic heterocycles. The zero-order valence-electron chi connectivity index (χ0n) is 29.2. The highest BCUT2D eigenvalue weighted by molar-refractivity contribution is 7.85. The molecule has 1 amide bonds. The second-order valence-electron chi connectivity index (χ2n) is 14.1.